The third-order valence-electron chi connectivity index (χ3n) is 4.80. The Labute approximate surface area is 187 Å². The standard InChI is InChI=1S/C23H14F9O2/c1-2-3-11-4-6-12(7-5-11)18-17(33)10-16(26)20(21(18)27)23(31,32)34-13-8-14(24)19(15(25)9-13)22(28,29)30/h4-10H,2-3H2,1H3. The number of hydrogen-bond acceptors (Lipinski definition) is 1. The van der Waals surface area contributed by atoms with Crippen LogP contribution in [0.3, 0.4) is 0 Å². The van der Waals surface area contributed by atoms with E-state index < -0.39 is 63.7 Å². The molecule has 0 saturated carbocycles. The molecular formula is C23H14F9O2. The first-order valence-corrected chi connectivity index (χ1v) is 9.68. The molecule has 0 aliphatic heterocycles. The topological polar surface area (TPSA) is 29.1 Å². The summed E-state index contributed by atoms with van der Waals surface area (Å²) < 4.78 is 128. The van der Waals surface area contributed by atoms with Gasteiger partial charge in [-0.25, -0.2) is 17.6 Å². The first-order chi connectivity index (χ1) is 15.8. The Morgan fingerprint density at radius 2 is 1.32 bits per heavy atom. The maximum atomic E-state index is 15.0. The van der Waals surface area contributed by atoms with Crippen molar-refractivity contribution in [1.82, 2.24) is 0 Å². The largest absolute Gasteiger partial charge is 0.432 e. The van der Waals surface area contributed by atoms with Crippen LogP contribution in [0.4, 0.5) is 39.5 Å². The lowest BCUT2D eigenvalue weighted by molar-refractivity contribution is -0.189. The van der Waals surface area contributed by atoms with Crippen molar-refractivity contribution in [2.24, 2.45) is 0 Å². The molecule has 0 N–H and O–H groups in total. The van der Waals surface area contributed by atoms with E-state index in [4.69, 9.17) is 0 Å². The van der Waals surface area contributed by atoms with Gasteiger partial charge in [-0.1, -0.05) is 37.6 Å². The zero-order chi connectivity index (χ0) is 25.4. The number of benzene rings is 3. The third kappa shape index (κ3) is 4.92. The maximum Gasteiger partial charge on any atom is 0.432 e. The van der Waals surface area contributed by atoms with Gasteiger partial charge in [0, 0.05) is 18.2 Å². The second-order valence-electron chi connectivity index (χ2n) is 7.25. The quantitative estimate of drug-likeness (QED) is 0.319. The number of ether oxygens (including phenoxy) is 1. The lowest BCUT2D eigenvalue weighted by atomic mass is 9.98. The predicted molar refractivity (Wildman–Crippen MR) is 102 cm³/mol. The molecule has 3 aromatic carbocycles. The van der Waals surface area contributed by atoms with Gasteiger partial charge < -0.3 is 4.74 Å². The lowest BCUT2D eigenvalue weighted by Gasteiger charge is -2.21. The normalized spacial score (nSPS) is 12.2. The van der Waals surface area contributed by atoms with Crippen molar-refractivity contribution in [3.63, 3.8) is 0 Å². The second kappa shape index (κ2) is 9.11. The van der Waals surface area contributed by atoms with Crippen LogP contribution in [-0.4, -0.2) is 0 Å². The van der Waals surface area contributed by atoms with E-state index in [-0.39, 0.29) is 23.8 Å². The molecule has 0 atom stereocenters. The molecule has 11 heteroatoms. The zero-order valence-electron chi connectivity index (χ0n) is 17.2. The molecule has 0 saturated heterocycles. The zero-order valence-corrected chi connectivity index (χ0v) is 17.2. The van der Waals surface area contributed by atoms with Gasteiger partial charge in [-0.3, -0.25) is 5.11 Å². The Bertz CT molecular complexity index is 1180. The molecule has 0 aromatic heterocycles. The summed E-state index contributed by atoms with van der Waals surface area (Å²) in [6.07, 6.45) is -9.01. The molecule has 34 heavy (non-hydrogen) atoms. The van der Waals surface area contributed by atoms with Crippen LogP contribution >= 0.6 is 0 Å². The van der Waals surface area contributed by atoms with Crippen molar-refractivity contribution in [2.45, 2.75) is 32.1 Å². The number of hydrogen-bond donors (Lipinski definition) is 0. The molecule has 0 spiro atoms. The summed E-state index contributed by atoms with van der Waals surface area (Å²) >= 11 is 0. The van der Waals surface area contributed by atoms with Crippen LogP contribution in [-0.2, 0) is 23.8 Å². The first-order valence-electron chi connectivity index (χ1n) is 9.68. The van der Waals surface area contributed by atoms with Crippen LogP contribution in [0.1, 0.15) is 30.0 Å². The van der Waals surface area contributed by atoms with Crippen molar-refractivity contribution in [3.8, 4) is 22.6 Å². The summed E-state index contributed by atoms with van der Waals surface area (Å²) in [6.45, 7) is 1.89. The van der Waals surface area contributed by atoms with E-state index in [0.29, 0.717) is 6.42 Å². The average Bonchev–Trinajstić information content (AvgIpc) is 2.66. The Kier molecular flexibility index (Phi) is 6.77. The molecule has 0 amide bonds. The minimum Gasteiger partial charge on any atom is -0.429 e. The summed E-state index contributed by atoms with van der Waals surface area (Å²) in [7, 11) is 0. The van der Waals surface area contributed by atoms with Gasteiger partial charge in [0.1, 0.15) is 34.3 Å². The average molecular weight is 493 g/mol. The fourth-order valence-electron chi connectivity index (χ4n) is 3.34. The summed E-state index contributed by atoms with van der Waals surface area (Å²) in [5.74, 6) is -11.3. The second-order valence-corrected chi connectivity index (χ2v) is 7.25. The molecule has 0 fully saturated rings. The minimum atomic E-state index is -5.47. The summed E-state index contributed by atoms with van der Waals surface area (Å²) in [6, 6.07) is 5.25. The van der Waals surface area contributed by atoms with Crippen LogP contribution in [0.5, 0.6) is 11.5 Å². The van der Waals surface area contributed by atoms with Crippen molar-refractivity contribution in [1.29, 1.82) is 0 Å². The van der Waals surface area contributed by atoms with Gasteiger partial charge in [-0.2, -0.15) is 22.0 Å². The van der Waals surface area contributed by atoms with E-state index in [0.717, 1.165) is 12.0 Å². The van der Waals surface area contributed by atoms with Gasteiger partial charge in [0.25, 0.3) is 0 Å². The number of alkyl halides is 5. The molecular weight excluding hydrogens is 479 g/mol. The monoisotopic (exact) mass is 493 g/mol. The number of rotatable bonds is 6. The third-order valence-corrected chi connectivity index (χ3v) is 4.80. The number of halogens is 9. The van der Waals surface area contributed by atoms with E-state index in [2.05, 4.69) is 4.74 Å². The minimum absolute atomic E-state index is 0.0822. The van der Waals surface area contributed by atoms with Gasteiger partial charge in [-0.05, 0) is 17.5 Å². The summed E-state index contributed by atoms with van der Waals surface area (Å²) in [5.41, 5.74) is -4.66. The van der Waals surface area contributed by atoms with Crippen molar-refractivity contribution < 1.29 is 49.4 Å². The maximum absolute atomic E-state index is 15.0. The molecule has 181 valence electrons. The highest BCUT2D eigenvalue weighted by Gasteiger charge is 2.44. The predicted octanol–water partition coefficient (Wildman–Crippen LogP) is 8.15. The highest BCUT2D eigenvalue weighted by molar-refractivity contribution is 5.72. The van der Waals surface area contributed by atoms with Gasteiger partial charge >= 0.3 is 12.3 Å². The Hall–Kier alpha value is -3.37. The molecule has 0 bridgehead atoms. The van der Waals surface area contributed by atoms with Gasteiger partial charge in [-0.15, -0.1) is 0 Å². The van der Waals surface area contributed by atoms with Crippen molar-refractivity contribution in [2.75, 3.05) is 0 Å². The molecule has 0 unspecified atom stereocenters. The van der Waals surface area contributed by atoms with E-state index in [1.807, 2.05) is 6.92 Å². The van der Waals surface area contributed by atoms with E-state index in [1.54, 1.807) is 0 Å². The van der Waals surface area contributed by atoms with Gasteiger partial charge in [0.15, 0.2) is 11.6 Å². The van der Waals surface area contributed by atoms with Gasteiger partial charge in [0.05, 0.1) is 5.56 Å². The molecule has 3 aromatic rings. The van der Waals surface area contributed by atoms with Crippen LogP contribution < -0.4 is 4.74 Å². The molecule has 2 nitrogen and oxygen atoms in total. The van der Waals surface area contributed by atoms with Crippen LogP contribution in [0.25, 0.3) is 11.1 Å². The highest BCUT2D eigenvalue weighted by Crippen LogP contribution is 2.43. The van der Waals surface area contributed by atoms with Crippen molar-refractivity contribution >= 4 is 0 Å². The smallest absolute Gasteiger partial charge is 0.429 e. The number of aryl methyl sites for hydroxylation is 1. The fraction of sp³-hybridized carbons (Fsp3) is 0.217. The molecule has 1 radical (unpaired) electrons. The Morgan fingerprint density at radius 3 is 1.82 bits per heavy atom. The Morgan fingerprint density at radius 1 is 0.794 bits per heavy atom. The summed E-state index contributed by atoms with van der Waals surface area (Å²) in [4.78, 5) is 0. The SMILES string of the molecule is CCCc1ccc(-c2c([O])cc(F)c(C(F)(F)Oc3cc(F)c(C(F)(F)F)c(F)c3)c2F)cc1. The van der Waals surface area contributed by atoms with Crippen LogP contribution in [0, 0.1) is 23.3 Å². The molecule has 3 rings (SSSR count). The van der Waals surface area contributed by atoms with Crippen LogP contribution in [0.15, 0.2) is 42.5 Å². The molecule has 0 heterocycles. The van der Waals surface area contributed by atoms with E-state index >= 15 is 4.39 Å². The molecule has 0 aliphatic rings. The van der Waals surface area contributed by atoms with Crippen molar-refractivity contribution in [3.05, 3.63) is 82.4 Å². The van der Waals surface area contributed by atoms with Gasteiger partial charge in [0.2, 0.25) is 0 Å². The molecule has 0 aliphatic carbocycles. The van der Waals surface area contributed by atoms with Crippen LogP contribution in [0.2, 0.25) is 0 Å². The fourth-order valence-corrected chi connectivity index (χ4v) is 3.34. The highest BCUT2D eigenvalue weighted by atomic mass is 19.4. The van der Waals surface area contributed by atoms with E-state index in [1.165, 1.54) is 24.3 Å². The summed E-state index contributed by atoms with van der Waals surface area (Å²) in [5, 5.41) is 12.2. The first kappa shape index (κ1) is 25.3. The lowest BCUT2D eigenvalue weighted by Crippen LogP contribution is -2.26. The Balaban J connectivity index is 2.06. The van der Waals surface area contributed by atoms with E-state index in [9.17, 15) is 40.2 Å².